The number of rotatable bonds is 8. The van der Waals surface area contributed by atoms with E-state index < -0.39 is 10.0 Å². The van der Waals surface area contributed by atoms with Crippen LogP contribution in [0.4, 0.5) is 4.39 Å². The summed E-state index contributed by atoms with van der Waals surface area (Å²) in [6.45, 7) is 0.617. The molecule has 124 valence electrons. The lowest BCUT2D eigenvalue weighted by Crippen LogP contribution is -2.27. The summed E-state index contributed by atoms with van der Waals surface area (Å²) in [5.74, 6) is 0.130. The molecule has 0 saturated carbocycles. The van der Waals surface area contributed by atoms with Crippen LogP contribution >= 0.6 is 11.6 Å². The first-order chi connectivity index (χ1) is 10.9. The molecular formula is C16H17ClFNO3S. The van der Waals surface area contributed by atoms with Crippen molar-refractivity contribution in [2.24, 2.45) is 0 Å². The lowest BCUT2D eigenvalue weighted by molar-refractivity contribution is 0.311. The Morgan fingerprint density at radius 3 is 2.35 bits per heavy atom. The lowest BCUT2D eigenvalue weighted by Gasteiger charge is -2.08. The Balaban J connectivity index is 1.70. The second-order valence-corrected chi connectivity index (χ2v) is 7.18. The summed E-state index contributed by atoms with van der Waals surface area (Å²) in [5.41, 5.74) is 0.671. The molecule has 0 saturated heterocycles. The molecule has 0 heterocycles. The van der Waals surface area contributed by atoms with Gasteiger partial charge in [0.1, 0.15) is 11.6 Å². The third-order valence-corrected chi connectivity index (χ3v) is 4.60. The van der Waals surface area contributed by atoms with E-state index in [0.717, 1.165) is 0 Å². The molecule has 7 heteroatoms. The van der Waals surface area contributed by atoms with Crippen molar-refractivity contribution in [1.82, 2.24) is 4.72 Å². The van der Waals surface area contributed by atoms with E-state index in [9.17, 15) is 12.8 Å². The molecule has 0 atom stereocenters. The highest BCUT2D eigenvalue weighted by atomic mass is 35.5. The van der Waals surface area contributed by atoms with Gasteiger partial charge in [-0.15, -0.1) is 0 Å². The Morgan fingerprint density at radius 2 is 1.70 bits per heavy atom. The second-order valence-electron chi connectivity index (χ2n) is 4.94. The zero-order valence-electron chi connectivity index (χ0n) is 12.3. The average molecular weight is 358 g/mol. The molecule has 0 fully saturated rings. The molecule has 0 unspecified atom stereocenters. The molecule has 0 aliphatic heterocycles. The van der Waals surface area contributed by atoms with Crippen LogP contribution in [0.5, 0.6) is 5.75 Å². The fourth-order valence-electron chi connectivity index (χ4n) is 1.87. The highest BCUT2D eigenvalue weighted by Gasteiger charge is 2.10. The first-order valence-corrected chi connectivity index (χ1v) is 9.08. The van der Waals surface area contributed by atoms with Gasteiger partial charge in [0.05, 0.1) is 12.4 Å². The van der Waals surface area contributed by atoms with Gasteiger partial charge in [0.2, 0.25) is 10.0 Å². The zero-order chi connectivity index (χ0) is 16.7. The number of halogens is 2. The first kappa shape index (κ1) is 17.7. The van der Waals surface area contributed by atoms with Crippen molar-refractivity contribution in [1.29, 1.82) is 0 Å². The number of benzene rings is 2. The van der Waals surface area contributed by atoms with Gasteiger partial charge in [0, 0.05) is 11.6 Å². The summed E-state index contributed by atoms with van der Waals surface area (Å²) in [5, 5.41) is 0.567. The van der Waals surface area contributed by atoms with E-state index in [2.05, 4.69) is 4.72 Å². The summed E-state index contributed by atoms with van der Waals surface area (Å²) in [6.07, 6.45) is 0.511. The fraction of sp³-hybridized carbons (Fsp3) is 0.250. The van der Waals surface area contributed by atoms with Crippen LogP contribution in [0.25, 0.3) is 0 Å². The maximum atomic E-state index is 12.7. The Hall–Kier alpha value is -1.63. The van der Waals surface area contributed by atoms with E-state index in [1.165, 1.54) is 24.3 Å². The molecule has 0 radical (unpaired) electrons. The van der Waals surface area contributed by atoms with E-state index in [4.69, 9.17) is 16.3 Å². The molecular weight excluding hydrogens is 341 g/mol. The van der Waals surface area contributed by atoms with Gasteiger partial charge in [-0.05, 0) is 48.4 Å². The average Bonchev–Trinajstić information content (AvgIpc) is 2.51. The molecule has 2 aromatic rings. The van der Waals surface area contributed by atoms with Crippen LogP contribution in [-0.2, 0) is 15.8 Å². The maximum absolute atomic E-state index is 12.7. The quantitative estimate of drug-likeness (QED) is 0.737. The van der Waals surface area contributed by atoms with Crippen LogP contribution in [0.2, 0.25) is 5.02 Å². The molecule has 4 nitrogen and oxygen atoms in total. The summed E-state index contributed by atoms with van der Waals surface area (Å²) in [6, 6.07) is 12.3. The SMILES string of the molecule is O=S(=O)(Cc1ccc(Cl)cc1)NCCCOc1ccc(F)cc1. The zero-order valence-corrected chi connectivity index (χ0v) is 13.9. The van der Waals surface area contributed by atoms with Crippen molar-refractivity contribution in [2.45, 2.75) is 12.2 Å². The van der Waals surface area contributed by atoms with Gasteiger partial charge in [0.25, 0.3) is 0 Å². The predicted molar refractivity (Wildman–Crippen MR) is 88.6 cm³/mol. The number of hydrogen-bond acceptors (Lipinski definition) is 3. The molecule has 2 rings (SSSR count). The molecule has 1 N–H and O–H groups in total. The summed E-state index contributed by atoms with van der Waals surface area (Å²) < 4.78 is 44.5. The van der Waals surface area contributed by atoms with Crippen molar-refractivity contribution in [3.8, 4) is 5.75 Å². The van der Waals surface area contributed by atoms with Crippen LogP contribution in [0.1, 0.15) is 12.0 Å². The van der Waals surface area contributed by atoms with E-state index in [1.807, 2.05) is 0 Å². The van der Waals surface area contributed by atoms with Gasteiger partial charge < -0.3 is 4.74 Å². The summed E-state index contributed by atoms with van der Waals surface area (Å²) in [4.78, 5) is 0. The van der Waals surface area contributed by atoms with Gasteiger partial charge in [-0.3, -0.25) is 0 Å². The Labute approximate surface area is 140 Å². The monoisotopic (exact) mass is 357 g/mol. The minimum absolute atomic E-state index is 0.0943. The minimum Gasteiger partial charge on any atom is -0.494 e. The topological polar surface area (TPSA) is 55.4 Å². The Bertz CT molecular complexity index is 718. The van der Waals surface area contributed by atoms with Crippen LogP contribution < -0.4 is 9.46 Å². The fourth-order valence-corrected chi connectivity index (χ4v) is 3.19. The highest BCUT2D eigenvalue weighted by molar-refractivity contribution is 7.88. The van der Waals surface area contributed by atoms with E-state index in [0.29, 0.717) is 29.4 Å². The first-order valence-electron chi connectivity index (χ1n) is 7.05. The molecule has 0 aliphatic carbocycles. The van der Waals surface area contributed by atoms with Crippen LogP contribution in [0, 0.1) is 5.82 Å². The van der Waals surface area contributed by atoms with Gasteiger partial charge in [-0.25, -0.2) is 17.5 Å². The van der Waals surface area contributed by atoms with Crippen LogP contribution in [0.3, 0.4) is 0 Å². The maximum Gasteiger partial charge on any atom is 0.215 e. The van der Waals surface area contributed by atoms with E-state index in [1.54, 1.807) is 24.3 Å². The van der Waals surface area contributed by atoms with Crippen molar-refractivity contribution in [2.75, 3.05) is 13.2 Å². The van der Waals surface area contributed by atoms with Crippen molar-refractivity contribution < 1.29 is 17.5 Å². The van der Waals surface area contributed by atoms with Gasteiger partial charge in [0.15, 0.2) is 0 Å². The normalized spacial score (nSPS) is 11.4. The third-order valence-electron chi connectivity index (χ3n) is 3.00. The number of ether oxygens (including phenoxy) is 1. The Kier molecular flexibility index (Phi) is 6.38. The molecule has 2 aromatic carbocycles. The number of hydrogen-bond donors (Lipinski definition) is 1. The van der Waals surface area contributed by atoms with E-state index in [-0.39, 0.29) is 18.1 Å². The predicted octanol–water partition coefficient (Wildman–Crippen LogP) is 3.37. The summed E-state index contributed by atoms with van der Waals surface area (Å²) >= 11 is 5.76. The molecule has 23 heavy (non-hydrogen) atoms. The summed E-state index contributed by atoms with van der Waals surface area (Å²) in [7, 11) is -3.40. The molecule has 0 bridgehead atoms. The van der Waals surface area contributed by atoms with Crippen LogP contribution in [0.15, 0.2) is 48.5 Å². The van der Waals surface area contributed by atoms with Gasteiger partial charge >= 0.3 is 0 Å². The molecule has 0 aliphatic rings. The van der Waals surface area contributed by atoms with Gasteiger partial charge in [-0.2, -0.15) is 0 Å². The molecule has 0 spiro atoms. The number of nitrogens with one attached hydrogen (secondary N) is 1. The molecule has 0 aromatic heterocycles. The smallest absolute Gasteiger partial charge is 0.215 e. The van der Waals surface area contributed by atoms with Crippen molar-refractivity contribution in [3.63, 3.8) is 0 Å². The lowest BCUT2D eigenvalue weighted by atomic mass is 10.2. The minimum atomic E-state index is -3.40. The van der Waals surface area contributed by atoms with Crippen LogP contribution in [-0.4, -0.2) is 21.6 Å². The standard InChI is InChI=1S/C16H17ClFNO3S/c17-14-4-2-13(3-5-14)12-23(20,21)19-10-1-11-22-16-8-6-15(18)7-9-16/h2-9,19H,1,10-12H2. The second kappa shape index (κ2) is 8.29. The van der Waals surface area contributed by atoms with Crippen molar-refractivity contribution in [3.05, 3.63) is 64.9 Å². The largest absolute Gasteiger partial charge is 0.494 e. The number of sulfonamides is 1. The molecule has 0 amide bonds. The van der Waals surface area contributed by atoms with Crippen molar-refractivity contribution >= 4 is 21.6 Å². The Morgan fingerprint density at radius 1 is 1.04 bits per heavy atom. The van der Waals surface area contributed by atoms with Gasteiger partial charge in [-0.1, -0.05) is 23.7 Å². The highest BCUT2D eigenvalue weighted by Crippen LogP contribution is 2.12. The third kappa shape index (κ3) is 6.56. The van der Waals surface area contributed by atoms with E-state index >= 15 is 0 Å².